The van der Waals surface area contributed by atoms with E-state index < -0.39 is 17.7 Å². The van der Waals surface area contributed by atoms with Gasteiger partial charge in [-0.25, -0.2) is 13.8 Å². The molecule has 0 saturated heterocycles. The lowest BCUT2D eigenvalue weighted by molar-refractivity contribution is 0.206. The second-order valence-electron chi connectivity index (χ2n) is 6.44. The number of pyridine rings is 1. The van der Waals surface area contributed by atoms with Crippen LogP contribution in [-0.4, -0.2) is 29.4 Å². The predicted octanol–water partition coefficient (Wildman–Crippen LogP) is 3.24. The van der Waals surface area contributed by atoms with E-state index in [0.717, 1.165) is 11.3 Å². The minimum absolute atomic E-state index is 0.105. The number of aliphatic hydroxyl groups excluding tert-OH is 1. The summed E-state index contributed by atoms with van der Waals surface area (Å²) in [5.41, 5.74) is 1.96. The summed E-state index contributed by atoms with van der Waals surface area (Å²) in [5.74, 6) is -1.03. The SMILES string of the molecule is Cn1cc(-c2cnc(C(O)c3ccnc(-c4c(F)cccc4F)c3)n2C)cn1. The Morgan fingerprint density at radius 1 is 1.04 bits per heavy atom. The quantitative estimate of drug-likeness (QED) is 0.589. The van der Waals surface area contributed by atoms with E-state index in [1.165, 1.54) is 30.5 Å². The van der Waals surface area contributed by atoms with Crippen molar-refractivity contribution in [3.63, 3.8) is 0 Å². The lowest BCUT2D eigenvalue weighted by Gasteiger charge is -2.13. The molecule has 0 aliphatic carbocycles. The fourth-order valence-electron chi connectivity index (χ4n) is 3.14. The third-order valence-corrected chi connectivity index (χ3v) is 4.59. The van der Waals surface area contributed by atoms with Gasteiger partial charge >= 0.3 is 0 Å². The van der Waals surface area contributed by atoms with Gasteiger partial charge in [-0.15, -0.1) is 0 Å². The summed E-state index contributed by atoms with van der Waals surface area (Å²) in [6.45, 7) is 0. The van der Waals surface area contributed by atoms with E-state index in [2.05, 4.69) is 15.1 Å². The third-order valence-electron chi connectivity index (χ3n) is 4.59. The monoisotopic (exact) mass is 381 g/mol. The molecule has 0 spiro atoms. The molecule has 0 aliphatic rings. The number of imidazole rings is 1. The zero-order valence-corrected chi connectivity index (χ0v) is 15.2. The number of nitrogens with zero attached hydrogens (tertiary/aromatic N) is 5. The molecular formula is C20H17F2N5O. The molecular weight excluding hydrogens is 364 g/mol. The van der Waals surface area contributed by atoms with Gasteiger partial charge in [-0.2, -0.15) is 5.10 Å². The molecule has 1 aromatic carbocycles. The highest BCUT2D eigenvalue weighted by molar-refractivity contribution is 5.62. The van der Waals surface area contributed by atoms with Crippen molar-refractivity contribution < 1.29 is 13.9 Å². The maximum absolute atomic E-state index is 14.1. The first kappa shape index (κ1) is 18.0. The standard InChI is InChI=1S/C20H17F2N5O/c1-26-11-13(9-25-26)17-10-24-20(27(17)2)19(28)12-6-7-23-16(8-12)18-14(21)4-3-5-15(18)22/h3-11,19,28H,1-2H3. The van der Waals surface area contributed by atoms with Crippen LogP contribution >= 0.6 is 0 Å². The molecule has 0 fully saturated rings. The summed E-state index contributed by atoms with van der Waals surface area (Å²) < 4.78 is 31.6. The maximum atomic E-state index is 14.1. The maximum Gasteiger partial charge on any atom is 0.142 e. The molecule has 1 atom stereocenters. The van der Waals surface area contributed by atoms with Crippen molar-refractivity contribution in [2.75, 3.05) is 0 Å². The topological polar surface area (TPSA) is 68.8 Å². The average molecular weight is 381 g/mol. The second kappa shape index (κ2) is 6.97. The van der Waals surface area contributed by atoms with Crippen LogP contribution in [0, 0.1) is 11.6 Å². The van der Waals surface area contributed by atoms with Crippen LogP contribution in [0.25, 0.3) is 22.5 Å². The Labute approximate surface area is 159 Å². The molecule has 6 nitrogen and oxygen atoms in total. The summed E-state index contributed by atoms with van der Waals surface area (Å²) in [5, 5.41) is 15.0. The first-order valence-corrected chi connectivity index (χ1v) is 8.54. The normalized spacial score (nSPS) is 12.3. The van der Waals surface area contributed by atoms with Gasteiger partial charge < -0.3 is 9.67 Å². The lowest BCUT2D eigenvalue weighted by Crippen LogP contribution is -2.08. The van der Waals surface area contributed by atoms with Crippen molar-refractivity contribution in [3.8, 4) is 22.5 Å². The van der Waals surface area contributed by atoms with Gasteiger partial charge in [0.15, 0.2) is 0 Å². The number of aliphatic hydroxyl groups is 1. The van der Waals surface area contributed by atoms with Gasteiger partial charge in [0.05, 0.1) is 29.3 Å². The van der Waals surface area contributed by atoms with Gasteiger partial charge in [-0.3, -0.25) is 9.67 Å². The molecule has 0 aliphatic heterocycles. The van der Waals surface area contributed by atoms with Crippen molar-refractivity contribution in [2.45, 2.75) is 6.10 Å². The Bertz CT molecular complexity index is 1130. The van der Waals surface area contributed by atoms with E-state index in [0.29, 0.717) is 11.4 Å². The Kier molecular flexibility index (Phi) is 4.48. The molecule has 1 N–H and O–H groups in total. The number of aromatic nitrogens is 5. The van der Waals surface area contributed by atoms with Crippen LogP contribution in [-0.2, 0) is 14.1 Å². The Balaban J connectivity index is 1.72. The number of rotatable bonds is 4. The molecule has 1 unspecified atom stereocenters. The molecule has 28 heavy (non-hydrogen) atoms. The molecule has 4 rings (SSSR count). The lowest BCUT2D eigenvalue weighted by atomic mass is 10.0. The fraction of sp³-hybridized carbons (Fsp3) is 0.150. The van der Waals surface area contributed by atoms with Crippen LogP contribution in [0.4, 0.5) is 8.78 Å². The number of aryl methyl sites for hydroxylation is 1. The van der Waals surface area contributed by atoms with Gasteiger partial charge in [0.25, 0.3) is 0 Å². The number of benzene rings is 1. The zero-order valence-electron chi connectivity index (χ0n) is 15.2. The largest absolute Gasteiger partial charge is 0.380 e. The fourth-order valence-corrected chi connectivity index (χ4v) is 3.14. The summed E-state index contributed by atoms with van der Waals surface area (Å²) in [6.07, 6.45) is 5.52. The second-order valence-corrected chi connectivity index (χ2v) is 6.44. The van der Waals surface area contributed by atoms with Gasteiger partial charge in [0.2, 0.25) is 0 Å². The predicted molar refractivity (Wildman–Crippen MR) is 99.1 cm³/mol. The molecule has 3 heterocycles. The minimum atomic E-state index is -1.09. The van der Waals surface area contributed by atoms with Crippen LogP contribution in [0.1, 0.15) is 17.5 Å². The number of hydrogen-bond acceptors (Lipinski definition) is 4. The van der Waals surface area contributed by atoms with Crippen LogP contribution in [0.3, 0.4) is 0 Å². The van der Waals surface area contributed by atoms with Crippen molar-refractivity contribution in [3.05, 3.63) is 78.1 Å². The highest BCUT2D eigenvalue weighted by Crippen LogP contribution is 2.29. The van der Waals surface area contributed by atoms with Crippen LogP contribution < -0.4 is 0 Å². The van der Waals surface area contributed by atoms with Crippen molar-refractivity contribution in [1.29, 1.82) is 0 Å². The van der Waals surface area contributed by atoms with Crippen molar-refractivity contribution in [2.24, 2.45) is 14.1 Å². The third kappa shape index (κ3) is 3.07. The Morgan fingerprint density at radius 3 is 2.46 bits per heavy atom. The van der Waals surface area contributed by atoms with Crippen molar-refractivity contribution >= 4 is 0 Å². The van der Waals surface area contributed by atoms with Crippen molar-refractivity contribution in [1.82, 2.24) is 24.3 Å². The van der Waals surface area contributed by atoms with Crippen LogP contribution in [0.5, 0.6) is 0 Å². The summed E-state index contributed by atoms with van der Waals surface area (Å²) in [4.78, 5) is 8.38. The van der Waals surface area contributed by atoms with Gasteiger partial charge in [0.1, 0.15) is 23.6 Å². The molecule has 142 valence electrons. The molecule has 0 amide bonds. The van der Waals surface area contributed by atoms with E-state index >= 15 is 0 Å². The van der Waals surface area contributed by atoms with E-state index in [1.54, 1.807) is 34.8 Å². The Morgan fingerprint density at radius 2 is 1.79 bits per heavy atom. The smallest absolute Gasteiger partial charge is 0.142 e. The summed E-state index contributed by atoms with van der Waals surface area (Å²) in [7, 11) is 3.60. The summed E-state index contributed by atoms with van der Waals surface area (Å²) >= 11 is 0. The molecule has 8 heteroatoms. The average Bonchev–Trinajstić information content (AvgIpc) is 3.27. The van der Waals surface area contributed by atoms with E-state index in [4.69, 9.17) is 0 Å². The first-order valence-electron chi connectivity index (χ1n) is 8.54. The van der Waals surface area contributed by atoms with Gasteiger partial charge in [-0.05, 0) is 29.8 Å². The van der Waals surface area contributed by atoms with E-state index in [-0.39, 0.29) is 11.3 Å². The zero-order chi connectivity index (χ0) is 19.8. The first-order chi connectivity index (χ1) is 13.5. The minimum Gasteiger partial charge on any atom is -0.380 e. The molecule has 0 saturated carbocycles. The van der Waals surface area contributed by atoms with Crippen LogP contribution in [0.15, 0.2) is 55.1 Å². The van der Waals surface area contributed by atoms with Crippen LogP contribution in [0.2, 0.25) is 0 Å². The highest BCUT2D eigenvalue weighted by Gasteiger charge is 2.21. The summed E-state index contributed by atoms with van der Waals surface area (Å²) in [6, 6.07) is 6.68. The van der Waals surface area contributed by atoms with E-state index in [9.17, 15) is 13.9 Å². The Hall–Kier alpha value is -3.39. The molecule has 3 aromatic heterocycles. The van der Waals surface area contributed by atoms with Gasteiger partial charge in [-0.1, -0.05) is 6.07 Å². The molecule has 0 bridgehead atoms. The van der Waals surface area contributed by atoms with E-state index in [1.807, 2.05) is 13.2 Å². The highest BCUT2D eigenvalue weighted by atomic mass is 19.1. The molecule has 4 aromatic rings. The number of hydrogen-bond donors (Lipinski definition) is 1. The molecule has 0 radical (unpaired) electrons. The number of halogens is 2. The van der Waals surface area contributed by atoms with Gasteiger partial charge in [0, 0.05) is 32.1 Å².